The van der Waals surface area contributed by atoms with Crippen LogP contribution in [0.2, 0.25) is 0 Å². The average molecular weight is 312 g/mol. The number of nitrogens with zero attached hydrogens (tertiary/aromatic N) is 1. The number of hydrogen-bond acceptors (Lipinski definition) is 3. The molecule has 0 spiro atoms. The summed E-state index contributed by atoms with van der Waals surface area (Å²) in [7, 11) is 1.70. The summed E-state index contributed by atoms with van der Waals surface area (Å²) in [5.41, 5.74) is 4.55. The zero-order valence-corrected chi connectivity index (χ0v) is 12.7. The molecule has 1 aromatic heterocycles. The number of ether oxygens (including phenoxy) is 1. The van der Waals surface area contributed by atoms with Crippen LogP contribution in [0.5, 0.6) is 5.75 Å². The Balaban J connectivity index is 2.56. The van der Waals surface area contributed by atoms with Crippen LogP contribution in [0.25, 0.3) is 10.6 Å². The molecule has 0 aliphatic heterocycles. The number of aryl methyl sites for hydroxylation is 3. The molecule has 4 heteroatoms. The molecule has 0 saturated heterocycles. The van der Waals surface area contributed by atoms with Gasteiger partial charge in [-0.2, -0.15) is 0 Å². The van der Waals surface area contributed by atoms with Gasteiger partial charge in [0.1, 0.15) is 10.8 Å². The lowest BCUT2D eigenvalue weighted by Crippen LogP contribution is -1.91. The number of aromatic nitrogens is 1. The lowest BCUT2D eigenvalue weighted by Gasteiger charge is -2.09. The molecule has 0 aliphatic rings. The van der Waals surface area contributed by atoms with Gasteiger partial charge in [0.15, 0.2) is 0 Å². The highest BCUT2D eigenvalue weighted by Gasteiger charge is 2.12. The molecule has 0 N–H and O–H groups in total. The first-order valence-corrected chi connectivity index (χ1v) is 6.92. The quantitative estimate of drug-likeness (QED) is 0.814. The van der Waals surface area contributed by atoms with Crippen molar-refractivity contribution in [2.45, 2.75) is 20.8 Å². The van der Waals surface area contributed by atoms with Crippen LogP contribution >= 0.6 is 27.3 Å². The second kappa shape index (κ2) is 4.78. The van der Waals surface area contributed by atoms with E-state index in [1.165, 1.54) is 11.1 Å². The molecule has 2 rings (SSSR count). The van der Waals surface area contributed by atoms with Crippen LogP contribution in [0, 0.1) is 20.8 Å². The number of benzene rings is 1. The second-order valence-electron chi connectivity index (χ2n) is 4.01. The van der Waals surface area contributed by atoms with Crippen molar-refractivity contribution in [2.24, 2.45) is 0 Å². The number of hydrogen-bond donors (Lipinski definition) is 0. The van der Waals surface area contributed by atoms with Crippen LogP contribution < -0.4 is 4.74 Å². The van der Waals surface area contributed by atoms with Crippen LogP contribution in [0.3, 0.4) is 0 Å². The fourth-order valence-corrected chi connectivity index (χ4v) is 3.16. The van der Waals surface area contributed by atoms with Gasteiger partial charge in [-0.3, -0.25) is 0 Å². The smallest absolute Gasteiger partial charge is 0.124 e. The third-order valence-electron chi connectivity index (χ3n) is 2.71. The van der Waals surface area contributed by atoms with Crippen LogP contribution in [0.15, 0.2) is 15.9 Å². The molecule has 0 aliphatic carbocycles. The molecule has 1 aromatic carbocycles. The fraction of sp³-hybridized carbons (Fsp3) is 0.308. The lowest BCUT2D eigenvalue weighted by molar-refractivity contribution is 0.411. The molecule has 2 nitrogen and oxygen atoms in total. The molecular formula is C13H14BrNOS. The maximum atomic E-state index is 5.32. The van der Waals surface area contributed by atoms with Gasteiger partial charge in [-0.15, -0.1) is 11.3 Å². The van der Waals surface area contributed by atoms with E-state index in [2.05, 4.69) is 46.9 Å². The van der Waals surface area contributed by atoms with Crippen molar-refractivity contribution in [2.75, 3.05) is 7.11 Å². The molecule has 0 fully saturated rings. The van der Waals surface area contributed by atoms with Gasteiger partial charge in [-0.25, -0.2) is 4.98 Å². The van der Waals surface area contributed by atoms with Gasteiger partial charge in [0.2, 0.25) is 0 Å². The molecule has 17 heavy (non-hydrogen) atoms. The van der Waals surface area contributed by atoms with Gasteiger partial charge in [-0.05, 0) is 60.0 Å². The van der Waals surface area contributed by atoms with Crippen molar-refractivity contribution >= 4 is 27.3 Å². The predicted molar refractivity (Wildman–Crippen MR) is 76.0 cm³/mol. The van der Waals surface area contributed by atoms with Gasteiger partial charge in [0.25, 0.3) is 0 Å². The molecule has 0 atom stereocenters. The predicted octanol–water partition coefficient (Wildman–Crippen LogP) is 4.51. The Morgan fingerprint density at radius 2 is 1.88 bits per heavy atom. The Morgan fingerprint density at radius 1 is 1.18 bits per heavy atom. The molecule has 90 valence electrons. The Morgan fingerprint density at radius 3 is 2.41 bits per heavy atom. The summed E-state index contributed by atoms with van der Waals surface area (Å²) in [5, 5.41) is 1.05. The summed E-state index contributed by atoms with van der Waals surface area (Å²) in [5.74, 6) is 0.929. The Labute approximate surface area is 114 Å². The summed E-state index contributed by atoms with van der Waals surface area (Å²) in [6.07, 6.45) is 0. The number of methoxy groups -OCH3 is 1. The zero-order chi connectivity index (χ0) is 12.6. The van der Waals surface area contributed by atoms with Crippen molar-refractivity contribution in [3.8, 4) is 16.3 Å². The highest BCUT2D eigenvalue weighted by molar-refractivity contribution is 9.11. The summed E-state index contributed by atoms with van der Waals surface area (Å²) in [4.78, 5) is 4.57. The third-order valence-corrected chi connectivity index (χ3v) is 4.75. The van der Waals surface area contributed by atoms with E-state index in [0.717, 1.165) is 25.8 Å². The van der Waals surface area contributed by atoms with Crippen LogP contribution in [0.4, 0.5) is 0 Å². The molecular weight excluding hydrogens is 298 g/mol. The van der Waals surface area contributed by atoms with Crippen molar-refractivity contribution < 1.29 is 4.74 Å². The zero-order valence-electron chi connectivity index (χ0n) is 10.3. The lowest BCUT2D eigenvalue weighted by atomic mass is 10.1. The average Bonchev–Trinajstić information content (AvgIpc) is 2.61. The van der Waals surface area contributed by atoms with Crippen LogP contribution in [-0.4, -0.2) is 12.1 Å². The topological polar surface area (TPSA) is 22.1 Å². The second-order valence-corrected chi connectivity index (χ2v) is 6.33. The molecule has 2 aromatic rings. The maximum absolute atomic E-state index is 5.32. The first-order chi connectivity index (χ1) is 8.02. The van der Waals surface area contributed by atoms with E-state index >= 15 is 0 Å². The molecule has 0 bridgehead atoms. The standard InChI is InChI=1S/C13H14BrNOS/c1-7-6-11(16-4)8(2)5-10(7)13-15-9(3)12(14)17-13/h5-6H,1-4H3. The summed E-state index contributed by atoms with van der Waals surface area (Å²) in [6.45, 7) is 6.15. The molecule has 0 unspecified atom stereocenters. The fourth-order valence-electron chi connectivity index (χ4n) is 1.73. The largest absolute Gasteiger partial charge is 0.496 e. The van der Waals surface area contributed by atoms with E-state index in [1.807, 2.05) is 6.92 Å². The normalized spacial score (nSPS) is 10.6. The Hall–Kier alpha value is -0.870. The van der Waals surface area contributed by atoms with Gasteiger partial charge < -0.3 is 4.74 Å². The van der Waals surface area contributed by atoms with Crippen molar-refractivity contribution in [1.29, 1.82) is 0 Å². The molecule has 1 heterocycles. The van der Waals surface area contributed by atoms with Crippen molar-refractivity contribution in [1.82, 2.24) is 4.98 Å². The van der Waals surface area contributed by atoms with Gasteiger partial charge in [0.05, 0.1) is 16.6 Å². The Kier molecular flexibility index (Phi) is 3.54. The third kappa shape index (κ3) is 2.38. The minimum absolute atomic E-state index is 0.929. The minimum Gasteiger partial charge on any atom is -0.496 e. The molecule has 0 saturated carbocycles. The first kappa shape index (κ1) is 12.6. The monoisotopic (exact) mass is 311 g/mol. The van der Waals surface area contributed by atoms with E-state index in [9.17, 15) is 0 Å². The Bertz CT molecular complexity index is 543. The van der Waals surface area contributed by atoms with E-state index in [-0.39, 0.29) is 0 Å². The van der Waals surface area contributed by atoms with Crippen molar-refractivity contribution in [3.05, 3.63) is 32.7 Å². The number of thiazole rings is 1. The van der Waals surface area contributed by atoms with Gasteiger partial charge in [-0.1, -0.05) is 0 Å². The summed E-state index contributed by atoms with van der Waals surface area (Å²) >= 11 is 5.18. The maximum Gasteiger partial charge on any atom is 0.124 e. The number of rotatable bonds is 2. The van der Waals surface area contributed by atoms with Gasteiger partial charge in [0, 0.05) is 5.56 Å². The van der Waals surface area contributed by atoms with Crippen LogP contribution in [0.1, 0.15) is 16.8 Å². The highest BCUT2D eigenvalue weighted by atomic mass is 79.9. The van der Waals surface area contributed by atoms with E-state index < -0.39 is 0 Å². The molecule has 0 amide bonds. The number of halogens is 1. The van der Waals surface area contributed by atoms with E-state index in [4.69, 9.17) is 4.74 Å². The molecule has 0 radical (unpaired) electrons. The van der Waals surface area contributed by atoms with E-state index in [0.29, 0.717) is 0 Å². The summed E-state index contributed by atoms with van der Waals surface area (Å²) < 4.78 is 6.42. The highest BCUT2D eigenvalue weighted by Crippen LogP contribution is 2.35. The SMILES string of the molecule is COc1cc(C)c(-c2nc(C)c(Br)s2)cc1C. The minimum atomic E-state index is 0.929. The summed E-state index contributed by atoms with van der Waals surface area (Å²) in [6, 6.07) is 4.20. The van der Waals surface area contributed by atoms with E-state index in [1.54, 1.807) is 18.4 Å². The first-order valence-electron chi connectivity index (χ1n) is 5.31. The van der Waals surface area contributed by atoms with Crippen molar-refractivity contribution in [3.63, 3.8) is 0 Å². The van der Waals surface area contributed by atoms with Gasteiger partial charge >= 0.3 is 0 Å². The van der Waals surface area contributed by atoms with Crippen LogP contribution in [-0.2, 0) is 0 Å².